The molecular formula is C19H23NO3. The molecule has 0 aliphatic carbocycles. The van der Waals surface area contributed by atoms with Gasteiger partial charge in [-0.2, -0.15) is 0 Å². The number of benzene rings is 2. The molecule has 2 rings (SSSR count). The van der Waals surface area contributed by atoms with Gasteiger partial charge in [-0.1, -0.05) is 37.3 Å². The highest BCUT2D eigenvalue weighted by Crippen LogP contribution is 2.16. The number of nitrogens with one attached hydrogen (secondary N) is 1. The summed E-state index contributed by atoms with van der Waals surface area (Å²) in [5.41, 5.74) is 1.81. The third-order valence-electron chi connectivity index (χ3n) is 3.44. The van der Waals surface area contributed by atoms with Crippen molar-refractivity contribution < 1.29 is 14.3 Å². The lowest BCUT2D eigenvalue weighted by Gasteiger charge is -2.17. The maximum atomic E-state index is 12.5. The van der Waals surface area contributed by atoms with Gasteiger partial charge in [-0.05, 0) is 36.2 Å². The van der Waals surface area contributed by atoms with Crippen molar-refractivity contribution in [2.45, 2.75) is 25.9 Å². The molecule has 0 spiro atoms. The van der Waals surface area contributed by atoms with E-state index in [1.165, 1.54) is 0 Å². The summed E-state index contributed by atoms with van der Waals surface area (Å²) in [7, 11) is 1.61. The lowest BCUT2D eigenvalue weighted by molar-refractivity contribution is -0.127. The van der Waals surface area contributed by atoms with Crippen molar-refractivity contribution in [3.05, 3.63) is 60.2 Å². The summed E-state index contributed by atoms with van der Waals surface area (Å²) in [4.78, 5) is 12.5. The van der Waals surface area contributed by atoms with Gasteiger partial charge in [0.2, 0.25) is 0 Å². The van der Waals surface area contributed by atoms with E-state index in [-0.39, 0.29) is 5.91 Å². The van der Waals surface area contributed by atoms with E-state index in [2.05, 4.69) is 5.32 Å². The summed E-state index contributed by atoms with van der Waals surface area (Å²) < 4.78 is 10.9. The summed E-state index contributed by atoms with van der Waals surface area (Å²) in [6.07, 6.45) is 0.934. The van der Waals surface area contributed by atoms with Crippen LogP contribution in [0.3, 0.4) is 0 Å². The molecule has 1 amide bonds. The van der Waals surface area contributed by atoms with Crippen molar-refractivity contribution in [3.63, 3.8) is 0 Å². The minimum Gasteiger partial charge on any atom is -0.497 e. The highest BCUT2D eigenvalue weighted by molar-refractivity contribution is 5.94. The Morgan fingerprint density at radius 2 is 1.78 bits per heavy atom. The molecule has 2 aromatic carbocycles. The van der Waals surface area contributed by atoms with Crippen LogP contribution in [0.15, 0.2) is 54.6 Å². The first-order valence-electron chi connectivity index (χ1n) is 7.83. The monoisotopic (exact) mass is 313 g/mol. The predicted molar refractivity (Wildman–Crippen MR) is 91.8 cm³/mol. The number of methoxy groups -OCH3 is 1. The van der Waals surface area contributed by atoms with Gasteiger partial charge in [0, 0.05) is 18.7 Å². The standard InChI is InChI=1S/C19H23NO3/c1-3-13-23-18(14-15-7-5-4-6-8-15)19(21)20-16-9-11-17(22-2)12-10-16/h4-12,18H,3,13-14H2,1-2H3,(H,20,21). The molecule has 1 unspecified atom stereocenters. The Hall–Kier alpha value is -2.33. The highest BCUT2D eigenvalue weighted by Gasteiger charge is 2.19. The largest absolute Gasteiger partial charge is 0.497 e. The van der Waals surface area contributed by atoms with E-state index in [1.807, 2.05) is 61.5 Å². The van der Waals surface area contributed by atoms with E-state index in [1.54, 1.807) is 7.11 Å². The molecule has 1 N–H and O–H groups in total. The molecular weight excluding hydrogens is 290 g/mol. The fourth-order valence-corrected chi connectivity index (χ4v) is 2.21. The minimum atomic E-state index is -0.501. The van der Waals surface area contributed by atoms with Crippen molar-refractivity contribution in [2.24, 2.45) is 0 Å². The number of carbonyl (C=O) groups excluding carboxylic acids is 1. The van der Waals surface area contributed by atoms with Crippen LogP contribution in [0.25, 0.3) is 0 Å². The Bertz CT molecular complexity index is 596. The normalized spacial score (nSPS) is 11.7. The second kappa shape index (κ2) is 8.96. The number of anilines is 1. The molecule has 2 aromatic rings. The van der Waals surface area contributed by atoms with Crippen LogP contribution in [0.5, 0.6) is 5.75 Å². The molecule has 0 saturated carbocycles. The van der Waals surface area contributed by atoms with Crippen LogP contribution in [0.1, 0.15) is 18.9 Å². The van der Waals surface area contributed by atoms with Crippen LogP contribution in [0.2, 0.25) is 0 Å². The quantitative estimate of drug-likeness (QED) is 0.809. The first kappa shape index (κ1) is 17.0. The van der Waals surface area contributed by atoms with E-state index in [0.717, 1.165) is 23.4 Å². The molecule has 0 fully saturated rings. The van der Waals surface area contributed by atoms with Crippen molar-refractivity contribution in [3.8, 4) is 5.75 Å². The molecule has 0 heterocycles. The number of ether oxygens (including phenoxy) is 2. The zero-order chi connectivity index (χ0) is 16.5. The van der Waals surface area contributed by atoms with E-state index >= 15 is 0 Å². The Balaban J connectivity index is 2.02. The van der Waals surface area contributed by atoms with Gasteiger partial charge < -0.3 is 14.8 Å². The molecule has 23 heavy (non-hydrogen) atoms. The number of amides is 1. The minimum absolute atomic E-state index is 0.132. The summed E-state index contributed by atoms with van der Waals surface area (Å²) in [6, 6.07) is 17.2. The van der Waals surface area contributed by atoms with Crippen molar-refractivity contribution in [2.75, 3.05) is 19.0 Å². The van der Waals surface area contributed by atoms with Crippen LogP contribution >= 0.6 is 0 Å². The molecule has 0 bridgehead atoms. The van der Waals surface area contributed by atoms with Gasteiger partial charge in [0.1, 0.15) is 11.9 Å². The van der Waals surface area contributed by atoms with Gasteiger partial charge in [-0.15, -0.1) is 0 Å². The summed E-state index contributed by atoms with van der Waals surface area (Å²) in [5.74, 6) is 0.624. The molecule has 0 aliphatic rings. The lowest BCUT2D eigenvalue weighted by atomic mass is 10.1. The smallest absolute Gasteiger partial charge is 0.253 e. The molecule has 122 valence electrons. The molecule has 4 nitrogen and oxygen atoms in total. The SMILES string of the molecule is CCCOC(Cc1ccccc1)C(=O)Nc1ccc(OC)cc1. The van der Waals surface area contributed by atoms with Crippen LogP contribution in [0.4, 0.5) is 5.69 Å². The van der Waals surface area contributed by atoms with Crippen LogP contribution in [-0.2, 0) is 16.0 Å². The van der Waals surface area contributed by atoms with Crippen LogP contribution in [-0.4, -0.2) is 25.7 Å². The summed E-state index contributed by atoms with van der Waals surface area (Å²) in [5, 5.41) is 2.90. The van der Waals surface area contributed by atoms with Crippen molar-refractivity contribution in [1.29, 1.82) is 0 Å². The third-order valence-corrected chi connectivity index (χ3v) is 3.44. The molecule has 0 aliphatic heterocycles. The Morgan fingerprint density at radius 1 is 1.09 bits per heavy atom. The summed E-state index contributed by atoms with van der Waals surface area (Å²) in [6.45, 7) is 2.59. The molecule has 0 radical (unpaired) electrons. The van der Waals surface area contributed by atoms with Gasteiger partial charge >= 0.3 is 0 Å². The zero-order valence-corrected chi connectivity index (χ0v) is 13.6. The molecule has 0 saturated heterocycles. The maximum absolute atomic E-state index is 12.5. The van der Waals surface area contributed by atoms with E-state index in [4.69, 9.17) is 9.47 Å². The fraction of sp³-hybridized carbons (Fsp3) is 0.316. The summed E-state index contributed by atoms with van der Waals surface area (Å²) >= 11 is 0. The van der Waals surface area contributed by atoms with Crippen LogP contribution in [0, 0.1) is 0 Å². The predicted octanol–water partition coefficient (Wildman–Crippen LogP) is 3.67. The lowest BCUT2D eigenvalue weighted by Crippen LogP contribution is -2.32. The Kier molecular flexibility index (Phi) is 6.63. The van der Waals surface area contributed by atoms with Gasteiger partial charge in [0.05, 0.1) is 7.11 Å². The zero-order valence-electron chi connectivity index (χ0n) is 13.6. The number of hydrogen-bond donors (Lipinski definition) is 1. The second-order valence-electron chi connectivity index (χ2n) is 5.27. The maximum Gasteiger partial charge on any atom is 0.253 e. The van der Waals surface area contributed by atoms with Gasteiger partial charge in [-0.3, -0.25) is 4.79 Å². The highest BCUT2D eigenvalue weighted by atomic mass is 16.5. The van der Waals surface area contributed by atoms with Crippen LogP contribution < -0.4 is 10.1 Å². The van der Waals surface area contributed by atoms with E-state index in [0.29, 0.717) is 13.0 Å². The Morgan fingerprint density at radius 3 is 2.39 bits per heavy atom. The van der Waals surface area contributed by atoms with E-state index in [9.17, 15) is 4.79 Å². The van der Waals surface area contributed by atoms with E-state index < -0.39 is 6.10 Å². The number of hydrogen-bond acceptors (Lipinski definition) is 3. The van der Waals surface area contributed by atoms with Crippen molar-refractivity contribution >= 4 is 11.6 Å². The van der Waals surface area contributed by atoms with Crippen molar-refractivity contribution in [1.82, 2.24) is 0 Å². The van der Waals surface area contributed by atoms with Gasteiger partial charge in [0.15, 0.2) is 0 Å². The van der Waals surface area contributed by atoms with Gasteiger partial charge in [-0.25, -0.2) is 0 Å². The van der Waals surface area contributed by atoms with Gasteiger partial charge in [0.25, 0.3) is 5.91 Å². The number of carbonyl (C=O) groups is 1. The average molecular weight is 313 g/mol. The second-order valence-corrected chi connectivity index (χ2v) is 5.27. The fourth-order valence-electron chi connectivity index (χ4n) is 2.21. The first-order valence-corrected chi connectivity index (χ1v) is 7.83. The topological polar surface area (TPSA) is 47.6 Å². The third kappa shape index (κ3) is 5.42. The molecule has 0 aromatic heterocycles. The number of rotatable bonds is 8. The average Bonchev–Trinajstić information content (AvgIpc) is 2.60. The molecule has 1 atom stereocenters. The Labute approximate surface area is 137 Å². The molecule has 4 heteroatoms. The first-order chi connectivity index (χ1) is 11.2.